The average molecular weight is 350 g/mol. The molecule has 0 amide bonds. The molecular weight excluding hydrogens is 328 g/mol. The van der Waals surface area contributed by atoms with Crippen molar-refractivity contribution in [3.05, 3.63) is 40.9 Å². The van der Waals surface area contributed by atoms with E-state index in [1.54, 1.807) is 0 Å². The van der Waals surface area contributed by atoms with Crippen LogP contribution >= 0.6 is 12.2 Å². The molecule has 0 unspecified atom stereocenters. The third-order valence-electron chi connectivity index (χ3n) is 5.58. The summed E-state index contributed by atoms with van der Waals surface area (Å²) in [6.45, 7) is 4.55. The summed E-state index contributed by atoms with van der Waals surface area (Å²) in [5.41, 5.74) is 4.30. The maximum absolute atomic E-state index is 6.31. The number of nitrogens with zero attached hydrogens (tertiary/aromatic N) is 2. The molecule has 2 saturated heterocycles. The van der Waals surface area contributed by atoms with E-state index in [0.29, 0.717) is 0 Å². The Hall–Kier alpha value is -2.07. The van der Waals surface area contributed by atoms with E-state index in [-0.39, 0.29) is 0 Å². The van der Waals surface area contributed by atoms with E-state index in [4.69, 9.17) is 16.6 Å². The van der Waals surface area contributed by atoms with E-state index in [0.717, 1.165) is 52.6 Å². The van der Waals surface area contributed by atoms with Crippen LogP contribution in [0, 0.1) is 4.51 Å². The van der Waals surface area contributed by atoms with Crippen molar-refractivity contribution in [2.24, 2.45) is 0 Å². The van der Waals surface area contributed by atoms with Gasteiger partial charge in [0, 0.05) is 60.5 Å². The highest BCUT2D eigenvalue weighted by Gasteiger charge is 2.16. The highest BCUT2D eigenvalue weighted by molar-refractivity contribution is 7.72. The van der Waals surface area contributed by atoms with Crippen LogP contribution in [0.25, 0.3) is 21.9 Å². The molecule has 0 atom stereocenters. The van der Waals surface area contributed by atoms with Gasteiger partial charge in [-0.1, -0.05) is 12.2 Å². The van der Waals surface area contributed by atoms with Crippen LogP contribution in [0.15, 0.2) is 40.8 Å². The predicted octanol–water partition coefficient (Wildman–Crippen LogP) is 5.52. The molecule has 0 spiro atoms. The van der Waals surface area contributed by atoms with Gasteiger partial charge in [-0.05, 0) is 49.9 Å². The van der Waals surface area contributed by atoms with Crippen molar-refractivity contribution >= 4 is 45.5 Å². The minimum absolute atomic E-state index is 0.900. The van der Waals surface area contributed by atoms with Crippen LogP contribution in [0.3, 0.4) is 0 Å². The molecule has 3 nitrogen and oxygen atoms in total. The molecule has 0 bridgehead atoms. The first kappa shape index (κ1) is 15.2. The molecule has 1 aromatic heterocycles. The van der Waals surface area contributed by atoms with Crippen LogP contribution in [0.4, 0.5) is 11.4 Å². The topological polar surface area (TPSA) is 19.6 Å². The van der Waals surface area contributed by atoms with Gasteiger partial charge in [-0.25, -0.2) is 0 Å². The summed E-state index contributed by atoms with van der Waals surface area (Å²) in [5.74, 6) is 0. The average Bonchev–Trinajstić information content (AvgIpc) is 3.35. The van der Waals surface area contributed by atoms with E-state index >= 15 is 0 Å². The van der Waals surface area contributed by atoms with E-state index in [1.165, 1.54) is 37.1 Å². The van der Waals surface area contributed by atoms with E-state index in [1.807, 2.05) is 0 Å². The zero-order valence-corrected chi connectivity index (χ0v) is 15.1. The Balaban J connectivity index is 1.66. The molecule has 25 heavy (non-hydrogen) atoms. The lowest BCUT2D eigenvalue weighted by molar-refractivity contribution is 0.660. The molecule has 0 aliphatic carbocycles. The van der Waals surface area contributed by atoms with Crippen LogP contribution in [0.2, 0.25) is 0 Å². The third kappa shape index (κ3) is 2.60. The molecule has 2 fully saturated rings. The normalized spacial score (nSPS) is 17.9. The molecule has 2 aromatic carbocycles. The molecule has 0 radical (unpaired) electrons. The fourth-order valence-electron chi connectivity index (χ4n) is 4.17. The molecule has 128 valence electrons. The summed E-state index contributed by atoms with van der Waals surface area (Å²) < 4.78 is 7.21. The second kappa shape index (κ2) is 6.03. The maximum atomic E-state index is 6.31. The van der Waals surface area contributed by atoms with Crippen molar-refractivity contribution in [2.75, 3.05) is 36.0 Å². The largest absolute Gasteiger partial charge is 0.456 e. The quantitative estimate of drug-likeness (QED) is 0.448. The van der Waals surface area contributed by atoms with E-state index < -0.39 is 0 Å². The number of rotatable bonds is 2. The molecule has 4 heteroatoms. The first-order chi connectivity index (χ1) is 12.3. The lowest BCUT2D eigenvalue weighted by atomic mass is 10.1. The first-order valence-corrected chi connectivity index (χ1v) is 9.71. The second-order valence-electron chi connectivity index (χ2n) is 7.18. The molecule has 3 aromatic rings. The maximum Gasteiger partial charge on any atom is 0.138 e. The van der Waals surface area contributed by atoms with Crippen molar-refractivity contribution in [3.8, 4) is 0 Å². The van der Waals surface area contributed by atoms with Gasteiger partial charge < -0.3 is 14.2 Å². The van der Waals surface area contributed by atoms with Crippen molar-refractivity contribution < 1.29 is 4.42 Å². The number of anilines is 2. The molecular formula is C21H22N2OS. The first-order valence-electron chi connectivity index (χ1n) is 9.30. The summed E-state index contributed by atoms with van der Waals surface area (Å²) in [7, 11) is 0. The smallest absolute Gasteiger partial charge is 0.138 e. The summed E-state index contributed by atoms with van der Waals surface area (Å²) in [6.07, 6.45) is 5.10. The molecule has 3 heterocycles. The lowest BCUT2D eigenvalue weighted by Gasteiger charge is -2.19. The Kier molecular flexibility index (Phi) is 3.66. The summed E-state index contributed by atoms with van der Waals surface area (Å²) in [6, 6.07) is 13.0. The van der Waals surface area contributed by atoms with Crippen molar-refractivity contribution in [1.29, 1.82) is 0 Å². The third-order valence-corrected chi connectivity index (χ3v) is 6.02. The number of fused-ring (bicyclic) bond motifs is 2. The molecule has 5 rings (SSSR count). The van der Waals surface area contributed by atoms with Gasteiger partial charge in [-0.15, -0.1) is 0 Å². The highest BCUT2D eigenvalue weighted by Crippen LogP contribution is 2.32. The van der Waals surface area contributed by atoms with Crippen LogP contribution in [-0.4, -0.2) is 26.2 Å². The summed E-state index contributed by atoms with van der Waals surface area (Å²) >= 11 is 5.76. The predicted molar refractivity (Wildman–Crippen MR) is 107 cm³/mol. The van der Waals surface area contributed by atoms with Crippen molar-refractivity contribution in [2.45, 2.75) is 25.7 Å². The summed E-state index contributed by atoms with van der Waals surface area (Å²) in [5, 5.41) is 2.08. The van der Waals surface area contributed by atoms with Crippen LogP contribution in [0.1, 0.15) is 25.7 Å². The van der Waals surface area contributed by atoms with Crippen LogP contribution in [0.5, 0.6) is 0 Å². The van der Waals surface area contributed by atoms with Crippen LogP contribution < -0.4 is 9.80 Å². The van der Waals surface area contributed by atoms with E-state index in [9.17, 15) is 0 Å². The van der Waals surface area contributed by atoms with Crippen molar-refractivity contribution in [1.82, 2.24) is 0 Å². The zero-order chi connectivity index (χ0) is 16.8. The monoisotopic (exact) mass is 350 g/mol. The Bertz CT molecular complexity index is 921. The van der Waals surface area contributed by atoms with Crippen molar-refractivity contribution in [3.63, 3.8) is 0 Å². The van der Waals surface area contributed by atoms with Gasteiger partial charge in [0.2, 0.25) is 0 Å². The molecule has 0 N–H and O–H groups in total. The lowest BCUT2D eigenvalue weighted by Crippen LogP contribution is -2.17. The van der Waals surface area contributed by atoms with E-state index in [2.05, 4.69) is 46.2 Å². The summed E-state index contributed by atoms with van der Waals surface area (Å²) in [4.78, 5) is 4.87. The minimum atomic E-state index is 0.900. The van der Waals surface area contributed by atoms with Gasteiger partial charge in [0.05, 0.1) is 4.51 Å². The Morgan fingerprint density at radius 3 is 1.56 bits per heavy atom. The standard InChI is InChI=1S/C21H22N2OS/c25-21-17-7-5-15(22-9-1-2-10-22)13-19(17)24-20-14-16(6-8-18(20)21)23-11-3-4-12-23/h5-8,13-14H,1-4,9-12H2. The van der Waals surface area contributed by atoms with Gasteiger partial charge in [-0.3, -0.25) is 0 Å². The van der Waals surface area contributed by atoms with Gasteiger partial charge in [-0.2, -0.15) is 0 Å². The SMILES string of the molecule is S=c1c2ccc(N3CCCC3)cc2oc2cc(N3CCCC3)ccc12. The minimum Gasteiger partial charge on any atom is -0.456 e. The van der Waals surface area contributed by atoms with Gasteiger partial charge in [0.15, 0.2) is 0 Å². The zero-order valence-electron chi connectivity index (χ0n) is 14.3. The Morgan fingerprint density at radius 1 is 0.680 bits per heavy atom. The molecule has 2 aliphatic heterocycles. The second-order valence-corrected chi connectivity index (χ2v) is 7.59. The fourth-order valence-corrected chi connectivity index (χ4v) is 4.51. The van der Waals surface area contributed by atoms with Gasteiger partial charge in [0.1, 0.15) is 11.2 Å². The Labute approximate surface area is 152 Å². The van der Waals surface area contributed by atoms with Gasteiger partial charge in [0.25, 0.3) is 0 Å². The van der Waals surface area contributed by atoms with Gasteiger partial charge >= 0.3 is 0 Å². The highest BCUT2D eigenvalue weighted by atomic mass is 32.1. The van der Waals surface area contributed by atoms with Crippen LogP contribution in [-0.2, 0) is 0 Å². The number of hydrogen-bond donors (Lipinski definition) is 0. The molecule has 2 aliphatic rings. The molecule has 0 saturated carbocycles. The number of benzene rings is 2. The fraction of sp³-hybridized carbons (Fsp3) is 0.381. The number of hydrogen-bond acceptors (Lipinski definition) is 4. The Morgan fingerprint density at radius 2 is 1.12 bits per heavy atom.